The number of rotatable bonds is 16. The third-order valence-corrected chi connectivity index (χ3v) is 12.7. The number of benzene rings is 2. The molecule has 3 heterocycles. The first-order chi connectivity index (χ1) is 25.2. The summed E-state index contributed by atoms with van der Waals surface area (Å²) < 4.78 is 29.1. The van der Waals surface area contributed by atoms with Gasteiger partial charge in [0, 0.05) is 31.6 Å². The van der Waals surface area contributed by atoms with Gasteiger partial charge in [-0.2, -0.15) is 4.31 Å². The molecule has 5 rings (SSSR count). The van der Waals surface area contributed by atoms with Gasteiger partial charge >= 0.3 is 6.03 Å². The highest BCUT2D eigenvalue weighted by Gasteiger charge is 2.44. The van der Waals surface area contributed by atoms with Crippen LogP contribution in [0.4, 0.5) is 4.79 Å². The van der Waals surface area contributed by atoms with Gasteiger partial charge in [0.1, 0.15) is 11.0 Å². The number of hydrogen-bond acceptors (Lipinski definition) is 10. The molecule has 3 N–H and O–H groups in total. The Morgan fingerprint density at radius 3 is 2.38 bits per heavy atom. The van der Waals surface area contributed by atoms with E-state index in [9.17, 15) is 23.1 Å². The minimum Gasteiger partial charge on any atom is -0.411 e. The monoisotopic (exact) mass is 780 g/mol. The Balaban J connectivity index is 1.36. The van der Waals surface area contributed by atoms with Crippen LogP contribution in [-0.4, -0.2) is 100 Å². The summed E-state index contributed by atoms with van der Waals surface area (Å²) in [4.78, 5) is 37.4. The number of hydrogen-bond donors (Lipinski definition) is 3. The number of urea groups is 1. The number of aliphatic hydroxyl groups is 1. The predicted molar refractivity (Wildman–Crippen MR) is 209 cm³/mol. The van der Waals surface area contributed by atoms with Crippen molar-refractivity contribution in [2.75, 3.05) is 26.2 Å². The van der Waals surface area contributed by atoms with Gasteiger partial charge < -0.3 is 25.4 Å². The van der Waals surface area contributed by atoms with Crippen LogP contribution in [0.25, 0.3) is 9.88 Å². The zero-order valence-electron chi connectivity index (χ0n) is 30.6. The highest BCUT2D eigenvalue weighted by Crippen LogP contribution is 2.31. The SMILES string of the molecule is CC(C)CN(C[C@H](O)[C@H](Cc1ccccc1)NC(=O)[C@@H](N1CCN(Cc2csc(-c3cccs3)n2)C1=O)C(C)(C)C)S(=O)(=O)c1ccc(C=NO)cc1. The largest absolute Gasteiger partial charge is 0.411 e. The molecular weight excluding hydrogens is 733 g/mol. The molecule has 0 saturated carbocycles. The van der Waals surface area contributed by atoms with Gasteiger partial charge in [-0.1, -0.05) is 88.3 Å². The molecule has 4 aromatic rings. The summed E-state index contributed by atoms with van der Waals surface area (Å²) in [7, 11) is -4.07. The summed E-state index contributed by atoms with van der Waals surface area (Å²) in [5.41, 5.74) is 1.47. The third-order valence-electron chi connectivity index (χ3n) is 8.92. The first kappa shape index (κ1) is 40.0. The summed E-state index contributed by atoms with van der Waals surface area (Å²) in [6.45, 7) is 10.4. The molecule has 3 amide bonds. The first-order valence-electron chi connectivity index (χ1n) is 17.5. The predicted octanol–water partition coefficient (Wildman–Crippen LogP) is 5.77. The van der Waals surface area contributed by atoms with Crippen molar-refractivity contribution in [2.45, 2.75) is 70.7 Å². The van der Waals surface area contributed by atoms with E-state index in [1.54, 1.807) is 21.1 Å². The Kier molecular flexibility index (Phi) is 13.1. The molecular formula is C38H48N6O6S3. The van der Waals surface area contributed by atoms with E-state index in [1.807, 2.05) is 87.8 Å². The van der Waals surface area contributed by atoms with Crippen molar-refractivity contribution in [3.05, 3.63) is 94.3 Å². The molecule has 12 nitrogen and oxygen atoms in total. The number of carbonyl (C=O) groups is 2. The number of carbonyl (C=O) groups excluding carboxylic acids is 2. The van der Waals surface area contributed by atoms with Crippen molar-refractivity contribution in [3.8, 4) is 9.88 Å². The lowest BCUT2D eigenvalue weighted by Crippen LogP contribution is -2.59. The molecule has 2 aromatic heterocycles. The molecule has 284 valence electrons. The van der Waals surface area contributed by atoms with E-state index in [2.05, 4.69) is 10.5 Å². The summed E-state index contributed by atoms with van der Waals surface area (Å²) in [6, 6.07) is 17.2. The molecule has 53 heavy (non-hydrogen) atoms. The van der Waals surface area contributed by atoms with Crippen molar-refractivity contribution in [1.82, 2.24) is 24.4 Å². The molecule has 0 spiro atoms. The van der Waals surface area contributed by atoms with Crippen molar-refractivity contribution in [2.24, 2.45) is 16.5 Å². The molecule has 0 bridgehead atoms. The average Bonchev–Trinajstić information content (AvgIpc) is 3.88. The van der Waals surface area contributed by atoms with Gasteiger partial charge in [-0.25, -0.2) is 18.2 Å². The van der Waals surface area contributed by atoms with Crippen LogP contribution in [0.15, 0.2) is 87.5 Å². The molecule has 1 aliphatic heterocycles. The topological polar surface area (TPSA) is 156 Å². The normalized spacial score (nSPS) is 15.8. The van der Waals surface area contributed by atoms with E-state index in [1.165, 1.54) is 46.1 Å². The van der Waals surface area contributed by atoms with Gasteiger partial charge in [-0.15, -0.1) is 22.7 Å². The van der Waals surface area contributed by atoms with Gasteiger partial charge in [-0.05, 0) is 52.5 Å². The fourth-order valence-electron chi connectivity index (χ4n) is 6.45. The molecule has 1 fully saturated rings. The number of thiophene rings is 1. The van der Waals surface area contributed by atoms with Crippen molar-refractivity contribution < 1.29 is 28.3 Å². The minimum absolute atomic E-state index is 0.0226. The minimum atomic E-state index is -4.07. The quantitative estimate of drug-likeness (QED) is 0.0741. The Morgan fingerprint density at radius 2 is 1.75 bits per heavy atom. The van der Waals surface area contributed by atoms with E-state index in [0.29, 0.717) is 25.2 Å². The number of aliphatic hydroxyl groups excluding tert-OH is 1. The van der Waals surface area contributed by atoms with Gasteiger partial charge in [0.05, 0.1) is 40.4 Å². The standard InChI is InChI=1S/C38H48N6O6S3/c1-26(2)22-43(53(49,50)30-15-13-28(14-16-30)21-39-48)24-32(45)31(20-27-10-7-6-8-11-27)41-35(46)34(38(3,4)5)44-18-17-42(37(44)47)23-29-25-52-36(40-29)33-12-9-19-51-33/h6-16,19,21,25-26,31-32,34,45,48H,17-18,20,22-24H2,1-5H3,(H,41,46)/t31-,32-,34+/m0/s1. The van der Waals surface area contributed by atoms with Gasteiger partial charge in [0.25, 0.3) is 0 Å². The molecule has 0 radical (unpaired) electrons. The van der Waals surface area contributed by atoms with Crippen LogP contribution in [-0.2, 0) is 27.8 Å². The number of nitrogens with one attached hydrogen (secondary N) is 1. The fraction of sp³-hybridized carbons (Fsp3) is 0.421. The highest BCUT2D eigenvalue weighted by molar-refractivity contribution is 7.89. The Hall–Kier alpha value is -4.15. The lowest BCUT2D eigenvalue weighted by Gasteiger charge is -2.38. The van der Waals surface area contributed by atoms with Gasteiger partial charge in [-0.3, -0.25) is 4.79 Å². The second kappa shape index (κ2) is 17.3. The van der Waals surface area contributed by atoms with E-state index >= 15 is 0 Å². The summed E-state index contributed by atoms with van der Waals surface area (Å²) in [5.74, 6) is -0.499. The maximum Gasteiger partial charge on any atom is 0.321 e. The molecule has 1 aliphatic rings. The van der Waals surface area contributed by atoms with Crippen molar-refractivity contribution in [3.63, 3.8) is 0 Å². The second-order valence-corrected chi connectivity index (χ2v) is 18.4. The number of aromatic nitrogens is 1. The molecule has 0 aliphatic carbocycles. The van der Waals surface area contributed by atoms with E-state index < -0.39 is 39.5 Å². The Morgan fingerprint density at radius 1 is 1.04 bits per heavy atom. The number of oxime groups is 1. The Labute approximate surface area is 319 Å². The number of amides is 3. The molecule has 15 heteroatoms. The molecule has 2 aromatic carbocycles. The highest BCUT2D eigenvalue weighted by atomic mass is 32.2. The lowest BCUT2D eigenvalue weighted by molar-refractivity contribution is -0.130. The number of sulfonamides is 1. The van der Waals surface area contributed by atoms with E-state index in [0.717, 1.165) is 21.1 Å². The van der Waals surface area contributed by atoms with E-state index in [4.69, 9.17) is 10.2 Å². The van der Waals surface area contributed by atoms with Crippen LogP contribution in [0.3, 0.4) is 0 Å². The smallest absolute Gasteiger partial charge is 0.321 e. The van der Waals surface area contributed by atoms with Crippen molar-refractivity contribution >= 4 is 50.8 Å². The first-order valence-corrected chi connectivity index (χ1v) is 20.7. The lowest BCUT2D eigenvalue weighted by atomic mass is 9.84. The zero-order valence-corrected chi connectivity index (χ0v) is 33.1. The van der Waals surface area contributed by atoms with Gasteiger partial charge in [0.2, 0.25) is 15.9 Å². The Bertz CT molecular complexity index is 1940. The third kappa shape index (κ3) is 10.1. The zero-order chi connectivity index (χ0) is 38.3. The fourth-order valence-corrected chi connectivity index (χ4v) is 9.69. The summed E-state index contributed by atoms with van der Waals surface area (Å²) in [5, 5.41) is 31.6. The maximum absolute atomic E-state index is 14.4. The van der Waals surface area contributed by atoms with Crippen LogP contribution < -0.4 is 5.32 Å². The molecule has 3 atom stereocenters. The second-order valence-electron chi connectivity index (χ2n) is 14.7. The van der Waals surface area contributed by atoms with E-state index in [-0.39, 0.29) is 36.4 Å². The van der Waals surface area contributed by atoms with Crippen LogP contribution in [0.2, 0.25) is 0 Å². The average molecular weight is 781 g/mol. The molecule has 1 saturated heterocycles. The van der Waals surface area contributed by atoms with Crippen LogP contribution in [0.5, 0.6) is 0 Å². The number of nitrogens with zero attached hydrogens (tertiary/aromatic N) is 5. The maximum atomic E-state index is 14.4. The van der Waals surface area contributed by atoms with Crippen LogP contribution in [0, 0.1) is 11.3 Å². The number of thiazole rings is 1. The van der Waals surface area contributed by atoms with Gasteiger partial charge in [0.15, 0.2) is 0 Å². The molecule has 0 unspecified atom stereocenters. The van der Waals surface area contributed by atoms with Crippen LogP contribution >= 0.6 is 22.7 Å². The summed E-state index contributed by atoms with van der Waals surface area (Å²) >= 11 is 3.14. The summed E-state index contributed by atoms with van der Waals surface area (Å²) in [6.07, 6.45) is 0.123. The van der Waals surface area contributed by atoms with Crippen LogP contribution in [0.1, 0.15) is 51.4 Å². The van der Waals surface area contributed by atoms with Crippen molar-refractivity contribution in [1.29, 1.82) is 0 Å².